The van der Waals surface area contributed by atoms with Crippen LogP contribution in [0.1, 0.15) is 38.5 Å². The van der Waals surface area contributed by atoms with Crippen molar-refractivity contribution in [3.63, 3.8) is 0 Å². The molecule has 2 saturated carbocycles. The first-order valence-corrected chi connectivity index (χ1v) is 5.54. The Morgan fingerprint density at radius 2 is 1.93 bits per heavy atom. The lowest BCUT2D eigenvalue weighted by Gasteiger charge is -2.34. The van der Waals surface area contributed by atoms with Gasteiger partial charge in [-0.2, -0.15) is 0 Å². The van der Waals surface area contributed by atoms with Gasteiger partial charge < -0.3 is 4.90 Å². The van der Waals surface area contributed by atoms with Crippen LogP contribution in [0.2, 0.25) is 0 Å². The maximum atomic E-state index is 11.7. The molecular formula is C11H15NO2. The summed E-state index contributed by atoms with van der Waals surface area (Å²) in [7, 11) is 0. The summed E-state index contributed by atoms with van der Waals surface area (Å²) < 4.78 is 0. The van der Waals surface area contributed by atoms with Crippen LogP contribution in [0.25, 0.3) is 0 Å². The zero-order chi connectivity index (χ0) is 9.76. The Morgan fingerprint density at radius 1 is 1.21 bits per heavy atom. The molecule has 1 saturated heterocycles. The van der Waals surface area contributed by atoms with Crippen molar-refractivity contribution in [3.8, 4) is 0 Å². The molecule has 14 heavy (non-hydrogen) atoms. The molecule has 0 radical (unpaired) electrons. The Balaban J connectivity index is 1.78. The molecule has 0 bridgehead atoms. The van der Waals surface area contributed by atoms with E-state index in [1.54, 1.807) is 0 Å². The van der Waals surface area contributed by atoms with Gasteiger partial charge in [-0.3, -0.25) is 9.59 Å². The van der Waals surface area contributed by atoms with E-state index in [4.69, 9.17) is 0 Å². The molecule has 0 aromatic rings. The van der Waals surface area contributed by atoms with Gasteiger partial charge in [0.1, 0.15) is 5.78 Å². The van der Waals surface area contributed by atoms with Crippen molar-refractivity contribution in [1.29, 1.82) is 0 Å². The minimum absolute atomic E-state index is 0.0886. The lowest BCUT2D eigenvalue weighted by Crippen LogP contribution is -2.48. The van der Waals surface area contributed by atoms with Gasteiger partial charge in [-0.1, -0.05) is 0 Å². The van der Waals surface area contributed by atoms with Crippen LogP contribution in [-0.2, 0) is 9.59 Å². The van der Waals surface area contributed by atoms with Crippen molar-refractivity contribution >= 4 is 11.7 Å². The fraction of sp³-hybridized carbons (Fsp3) is 0.818. The van der Waals surface area contributed by atoms with Gasteiger partial charge >= 0.3 is 0 Å². The van der Waals surface area contributed by atoms with E-state index in [1.807, 2.05) is 4.90 Å². The first-order chi connectivity index (χ1) is 6.72. The maximum absolute atomic E-state index is 11.7. The quantitative estimate of drug-likeness (QED) is 0.616. The highest BCUT2D eigenvalue weighted by Gasteiger charge is 2.59. The minimum atomic E-state index is 0.0886. The topological polar surface area (TPSA) is 37.4 Å². The molecular weight excluding hydrogens is 178 g/mol. The average molecular weight is 193 g/mol. The second-order valence-corrected chi connectivity index (χ2v) is 4.89. The zero-order valence-electron chi connectivity index (χ0n) is 8.29. The smallest absolute Gasteiger partial charge is 0.230 e. The van der Waals surface area contributed by atoms with Gasteiger partial charge in [0.15, 0.2) is 0 Å². The summed E-state index contributed by atoms with van der Waals surface area (Å²) in [5.41, 5.74) is 0.220. The van der Waals surface area contributed by atoms with Gasteiger partial charge in [0.05, 0.1) is 6.42 Å². The molecule has 0 atom stereocenters. The van der Waals surface area contributed by atoms with Crippen molar-refractivity contribution in [2.45, 2.75) is 44.1 Å². The summed E-state index contributed by atoms with van der Waals surface area (Å²) in [6, 6.07) is 0. The maximum Gasteiger partial charge on any atom is 0.230 e. The SMILES string of the molecule is O=C1CCN(C2(C3CC3)CC2)C(=O)C1. The molecule has 0 N–H and O–H groups in total. The fourth-order valence-corrected chi connectivity index (χ4v) is 2.83. The average Bonchev–Trinajstić information content (AvgIpc) is 2.99. The molecule has 3 aliphatic rings. The zero-order valence-corrected chi connectivity index (χ0v) is 8.29. The Morgan fingerprint density at radius 3 is 2.43 bits per heavy atom. The van der Waals surface area contributed by atoms with Gasteiger partial charge in [0, 0.05) is 18.5 Å². The lowest BCUT2D eigenvalue weighted by molar-refractivity contribution is -0.142. The Hall–Kier alpha value is -0.860. The third kappa shape index (κ3) is 1.11. The number of Topliss-reactive ketones (excluding diaryl/α,β-unsaturated/α-hetero) is 1. The number of hydrogen-bond donors (Lipinski definition) is 0. The summed E-state index contributed by atoms with van der Waals surface area (Å²) in [6.45, 7) is 0.689. The van der Waals surface area contributed by atoms with Gasteiger partial charge in [-0.25, -0.2) is 0 Å². The summed E-state index contributed by atoms with van der Waals surface area (Å²) in [5, 5.41) is 0. The normalized spacial score (nSPS) is 30.7. The van der Waals surface area contributed by atoms with E-state index in [0.29, 0.717) is 13.0 Å². The van der Waals surface area contributed by atoms with Crippen LogP contribution in [-0.4, -0.2) is 28.7 Å². The van der Waals surface area contributed by atoms with Crippen LogP contribution in [0.5, 0.6) is 0 Å². The van der Waals surface area contributed by atoms with Crippen molar-refractivity contribution < 1.29 is 9.59 Å². The van der Waals surface area contributed by atoms with Crippen LogP contribution in [0.4, 0.5) is 0 Å². The largest absolute Gasteiger partial charge is 0.336 e. The number of likely N-dealkylation sites (tertiary alicyclic amines) is 1. The van der Waals surface area contributed by atoms with E-state index >= 15 is 0 Å². The van der Waals surface area contributed by atoms with E-state index in [9.17, 15) is 9.59 Å². The lowest BCUT2D eigenvalue weighted by atomic mass is 10.0. The Labute approximate surface area is 83.5 Å². The Kier molecular flexibility index (Phi) is 1.56. The molecule has 1 amide bonds. The number of piperidine rings is 1. The molecule has 0 spiro atoms. The predicted octanol–water partition coefficient (Wildman–Crippen LogP) is 1.12. The van der Waals surface area contributed by atoms with Crippen molar-refractivity contribution in [2.75, 3.05) is 6.54 Å². The predicted molar refractivity (Wildman–Crippen MR) is 50.6 cm³/mol. The van der Waals surface area contributed by atoms with Crippen molar-refractivity contribution in [2.24, 2.45) is 5.92 Å². The Bertz CT molecular complexity index is 302. The molecule has 3 fully saturated rings. The van der Waals surface area contributed by atoms with E-state index < -0.39 is 0 Å². The number of nitrogens with zero attached hydrogens (tertiary/aromatic N) is 1. The van der Waals surface area contributed by atoms with Gasteiger partial charge in [0.25, 0.3) is 0 Å². The molecule has 3 rings (SSSR count). The van der Waals surface area contributed by atoms with E-state index in [2.05, 4.69) is 0 Å². The van der Waals surface area contributed by atoms with Crippen LogP contribution < -0.4 is 0 Å². The van der Waals surface area contributed by atoms with Crippen molar-refractivity contribution in [3.05, 3.63) is 0 Å². The minimum Gasteiger partial charge on any atom is -0.336 e. The van der Waals surface area contributed by atoms with E-state index in [1.165, 1.54) is 25.7 Å². The fourth-order valence-electron chi connectivity index (χ4n) is 2.83. The molecule has 1 heterocycles. The highest BCUT2D eigenvalue weighted by molar-refractivity contribution is 6.00. The molecule has 0 unspecified atom stereocenters. The molecule has 76 valence electrons. The van der Waals surface area contributed by atoms with E-state index in [-0.39, 0.29) is 23.7 Å². The van der Waals surface area contributed by atoms with Gasteiger partial charge in [0.2, 0.25) is 5.91 Å². The second-order valence-electron chi connectivity index (χ2n) is 4.89. The number of amides is 1. The van der Waals surface area contributed by atoms with Crippen molar-refractivity contribution in [1.82, 2.24) is 4.90 Å². The second kappa shape index (κ2) is 2.59. The highest BCUT2D eigenvalue weighted by atomic mass is 16.2. The first kappa shape index (κ1) is 8.45. The van der Waals surface area contributed by atoms with Gasteiger partial charge in [-0.05, 0) is 31.6 Å². The van der Waals surface area contributed by atoms with Crippen LogP contribution in [0, 0.1) is 5.92 Å². The molecule has 3 nitrogen and oxygen atoms in total. The third-order valence-corrected chi connectivity index (χ3v) is 3.90. The van der Waals surface area contributed by atoms with Gasteiger partial charge in [-0.15, -0.1) is 0 Å². The molecule has 3 heteroatoms. The van der Waals surface area contributed by atoms with Crippen LogP contribution >= 0.6 is 0 Å². The summed E-state index contributed by atoms with van der Waals surface area (Å²) in [5.74, 6) is 0.975. The number of carbonyl (C=O) groups excluding carboxylic acids is 2. The number of carbonyl (C=O) groups is 2. The van der Waals surface area contributed by atoms with Crippen LogP contribution in [0.3, 0.4) is 0 Å². The number of rotatable bonds is 2. The molecule has 0 aromatic heterocycles. The van der Waals surface area contributed by atoms with E-state index in [0.717, 1.165) is 5.92 Å². The standard InChI is InChI=1S/C11H15NO2/c13-9-3-6-12(10(14)7-9)11(4-5-11)8-1-2-8/h8H,1-7H2. The molecule has 2 aliphatic carbocycles. The monoisotopic (exact) mass is 193 g/mol. The summed E-state index contributed by atoms with van der Waals surface area (Å²) in [6.07, 6.45) is 5.68. The first-order valence-electron chi connectivity index (χ1n) is 5.54. The van der Waals surface area contributed by atoms with Crippen LogP contribution in [0.15, 0.2) is 0 Å². The summed E-state index contributed by atoms with van der Waals surface area (Å²) in [4.78, 5) is 24.9. The highest BCUT2D eigenvalue weighted by Crippen LogP contribution is 2.58. The molecule has 1 aliphatic heterocycles. The number of ketones is 1. The summed E-state index contributed by atoms with van der Waals surface area (Å²) >= 11 is 0. The number of hydrogen-bond acceptors (Lipinski definition) is 2. The molecule has 0 aromatic carbocycles. The third-order valence-electron chi connectivity index (χ3n) is 3.90.